The van der Waals surface area contributed by atoms with Crippen LogP contribution in [0.2, 0.25) is 0 Å². The summed E-state index contributed by atoms with van der Waals surface area (Å²) in [6, 6.07) is 8.12. The van der Waals surface area contributed by atoms with Crippen LogP contribution < -0.4 is 4.90 Å². The van der Waals surface area contributed by atoms with Gasteiger partial charge in [-0.2, -0.15) is 0 Å². The molecule has 122 valence electrons. The molecule has 1 aromatic heterocycles. The predicted molar refractivity (Wildman–Crippen MR) is 91.5 cm³/mol. The molecule has 0 aliphatic carbocycles. The Bertz CT molecular complexity index is 648. The Kier molecular flexibility index (Phi) is 3.93. The standard InChI is InChI=1S/C18H24N4O/c23-17(21-10-4-1-5-11-21)14-8-12-22(13-9-14)18-19-15-6-2-3-7-16(15)20-18/h2-3,6-7,14H,1,4-5,8-13H2,(H,19,20). The second kappa shape index (κ2) is 6.22. The van der Waals surface area contributed by atoms with Crippen molar-refractivity contribution in [1.29, 1.82) is 0 Å². The Hall–Kier alpha value is -2.04. The van der Waals surface area contributed by atoms with Crippen LogP contribution in [0.25, 0.3) is 11.0 Å². The van der Waals surface area contributed by atoms with E-state index in [9.17, 15) is 4.79 Å². The molecule has 0 bridgehead atoms. The number of likely N-dealkylation sites (tertiary alicyclic amines) is 1. The molecule has 0 unspecified atom stereocenters. The van der Waals surface area contributed by atoms with Gasteiger partial charge in [-0.05, 0) is 44.2 Å². The Morgan fingerprint density at radius 3 is 2.52 bits per heavy atom. The molecule has 5 nitrogen and oxygen atoms in total. The minimum absolute atomic E-state index is 0.203. The second-order valence-corrected chi connectivity index (χ2v) is 6.72. The summed E-state index contributed by atoms with van der Waals surface area (Å²) in [5, 5.41) is 0. The van der Waals surface area contributed by atoms with Gasteiger partial charge in [0.15, 0.2) is 0 Å². The summed E-state index contributed by atoms with van der Waals surface area (Å²) in [5.74, 6) is 1.53. The van der Waals surface area contributed by atoms with E-state index < -0.39 is 0 Å². The number of anilines is 1. The van der Waals surface area contributed by atoms with E-state index in [0.717, 1.165) is 56.0 Å². The summed E-state index contributed by atoms with van der Waals surface area (Å²) in [4.78, 5) is 25.1. The molecule has 4 rings (SSSR count). The van der Waals surface area contributed by atoms with E-state index in [1.807, 2.05) is 18.2 Å². The third kappa shape index (κ3) is 2.92. The van der Waals surface area contributed by atoms with Crippen LogP contribution in [0.5, 0.6) is 0 Å². The molecule has 0 spiro atoms. The van der Waals surface area contributed by atoms with Crippen LogP contribution in [0.15, 0.2) is 24.3 Å². The second-order valence-electron chi connectivity index (χ2n) is 6.72. The fraction of sp³-hybridized carbons (Fsp3) is 0.556. The van der Waals surface area contributed by atoms with Crippen molar-refractivity contribution in [3.8, 4) is 0 Å². The molecule has 1 amide bonds. The van der Waals surface area contributed by atoms with Gasteiger partial charge in [0, 0.05) is 32.1 Å². The average Bonchev–Trinajstić information content (AvgIpc) is 3.06. The number of carbonyl (C=O) groups excluding carboxylic acids is 1. The Labute approximate surface area is 136 Å². The summed E-state index contributed by atoms with van der Waals surface area (Å²) < 4.78 is 0. The Morgan fingerprint density at radius 1 is 1.04 bits per heavy atom. The first-order valence-electron chi connectivity index (χ1n) is 8.80. The quantitative estimate of drug-likeness (QED) is 0.928. The molecule has 0 saturated carbocycles. The lowest BCUT2D eigenvalue weighted by molar-refractivity contribution is -0.137. The maximum atomic E-state index is 12.6. The molecule has 2 fully saturated rings. The van der Waals surface area contributed by atoms with E-state index >= 15 is 0 Å². The van der Waals surface area contributed by atoms with E-state index in [1.54, 1.807) is 0 Å². The number of carbonyl (C=O) groups is 1. The number of hydrogen-bond acceptors (Lipinski definition) is 3. The molecule has 1 aromatic carbocycles. The van der Waals surface area contributed by atoms with Crippen molar-refractivity contribution < 1.29 is 4.79 Å². The van der Waals surface area contributed by atoms with Gasteiger partial charge < -0.3 is 14.8 Å². The third-order valence-electron chi connectivity index (χ3n) is 5.19. The van der Waals surface area contributed by atoms with Gasteiger partial charge in [0.1, 0.15) is 0 Å². The van der Waals surface area contributed by atoms with Crippen molar-refractivity contribution in [2.24, 2.45) is 5.92 Å². The van der Waals surface area contributed by atoms with Crippen molar-refractivity contribution in [3.05, 3.63) is 24.3 Å². The van der Waals surface area contributed by atoms with E-state index in [1.165, 1.54) is 19.3 Å². The summed E-state index contributed by atoms with van der Waals surface area (Å²) >= 11 is 0. The van der Waals surface area contributed by atoms with Crippen LogP contribution in [0, 0.1) is 5.92 Å². The topological polar surface area (TPSA) is 52.2 Å². The summed E-state index contributed by atoms with van der Waals surface area (Å²) in [6.45, 7) is 3.74. The first kappa shape index (κ1) is 14.5. The zero-order valence-electron chi connectivity index (χ0n) is 13.5. The monoisotopic (exact) mass is 312 g/mol. The van der Waals surface area contributed by atoms with Crippen LogP contribution in [-0.2, 0) is 4.79 Å². The lowest BCUT2D eigenvalue weighted by Gasteiger charge is -2.35. The molecule has 23 heavy (non-hydrogen) atoms. The minimum atomic E-state index is 0.203. The van der Waals surface area contributed by atoms with Crippen LogP contribution in [0.3, 0.4) is 0 Å². The van der Waals surface area contributed by atoms with Crippen LogP contribution in [-0.4, -0.2) is 47.0 Å². The van der Waals surface area contributed by atoms with Gasteiger partial charge in [-0.3, -0.25) is 4.79 Å². The molecule has 0 atom stereocenters. The van der Waals surface area contributed by atoms with Gasteiger partial charge in [-0.25, -0.2) is 4.98 Å². The van der Waals surface area contributed by atoms with E-state index in [-0.39, 0.29) is 5.92 Å². The third-order valence-corrected chi connectivity index (χ3v) is 5.19. The van der Waals surface area contributed by atoms with Gasteiger partial charge in [-0.1, -0.05) is 12.1 Å². The van der Waals surface area contributed by atoms with Gasteiger partial charge in [-0.15, -0.1) is 0 Å². The maximum Gasteiger partial charge on any atom is 0.225 e. The number of piperidine rings is 2. The van der Waals surface area contributed by atoms with Crippen LogP contribution >= 0.6 is 0 Å². The number of hydrogen-bond donors (Lipinski definition) is 1. The molecule has 2 aliphatic heterocycles. The van der Waals surface area contributed by atoms with Gasteiger partial charge in [0.2, 0.25) is 11.9 Å². The number of aromatic amines is 1. The molecular weight excluding hydrogens is 288 g/mol. The number of aromatic nitrogens is 2. The smallest absolute Gasteiger partial charge is 0.225 e. The first-order valence-corrected chi connectivity index (χ1v) is 8.80. The lowest BCUT2D eigenvalue weighted by Crippen LogP contribution is -2.44. The fourth-order valence-electron chi connectivity index (χ4n) is 3.80. The number of rotatable bonds is 2. The summed E-state index contributed by atoms with van der Waals surface area (Å²) in [5.41, 5.74) is 2.09. The van der Waals surface area contributed by atoms with Gasteiger partial charge in [0.25, 0.3) is 0 Å². The first-order chi connectivity index (χ1) is 11.3. The van der Waals surface area contributed by atoms with Gasteiger partial charge in [0.05, 0.1) is 11.0 Å². The largest absolute Gasteiger partial charge is 0.342 e. The molecule has 2 saturated heterocycles. The van der Waals surface area contributed by atoms with Crippen molar-refractivity contribution >= 4 is 22.9 Å². The molecule has 0 radical (unpaired) electrons. The maximum absolute atomic E-state index is 12.6. The predicted octanol–water partition coefficient (Wildman–Crippen LogP) is 2.79. The van der Waals surface area contributed by atoms with Crippen molar-refractivity contribution in [2.75, 3.05) is 31.1 Å². The molecule has 2 aromatic rings. The molecule has 3 heterocycles. The highest BCUT2D eigenvalue weighted by molar-refractivity contribution is 5.80. The zero-order chi connectivity index (χ0) is 15.6. The number of fused-ring (bicyclic) bond motifs is 1. The molecule has 1 N–H and O–H groups in total. The lowest BCUT2D eigenvalue weighted by atomic mass is 9.94. The highest BCUT2D eigenvalue weighted by Crippen LogP contribution is 2.25. The highest BCUT2D eigenvalue weighted by Gasteiger charge is 2.29. The Balaban J connectivity index is 1.39. The normalized spacial score (nSPS) is 20.2. The van der Waals surface area contributed by atoms with Crippen LogP contribution in [0.1, 0.15) is 32.1 Å². The van der Waals surface area contributed by atoms with E-state index in [2.05, 4.69) is 25.8 Å². The number of amides is 1. The number of H-pyrrole nitrogens is 1. The van der Waals surface area contributed by atoms with Crippen LogP contribution in [0.4, 0.5) is 5.95 Å². The van der Waals surface area contributed by atoms with Crippen molar-refractivity contribution in [1.82, 2.24) is 14.9 Å². The molecule has 5 heteroatoms. The molecule has 2 aliphatic rings. The summed E-state index contributed by atoms with van der Waals surface area (Å²) in [7, 11) is 0. The zero-order valence-corrected chi connectivity index (χ0v) is 13.5. The van der Waals surface area contributed by atoms with E-state index in [0.29, 0.717) is 5.91 Å². The Morgan fingerprint density at radius 2 is 1.78 bits per heavy atom. The fourth-order valence-corrected chi connectivity index (χ4v) is 3.80. The summed E-state index contributed by atoms with van der Waals surface area (Å²) in [6.07, 6.45) is 5.49. The number of benzene rings is 1. The number of imidazole rings is 1. The molecular formula is C18H24N4O. The van der Waals surface area contributed by atoms with Gasteiger partial charge >= 0.3 is 0 Å². The van der Waals surface area contributed by atoms with Crippen molar-refractivity contribution in [3.63, 3.8) is 0 Å². The SMILES string of the molecule is O=C(C1CCN(c2nc3ccccc3[nH]2)CC1)N1CCCCC1. The number of nitrogens with one attached hydrogen (secondary N) is 1. The minimum Gasteiger partial charge on any atom is -0.342 e. The highest BCUT2D eigenvalue weighted by atomic mass is 16.2. The average molecular weight is 312 g/mol. The number of para-hydroxylation sites is 2. The van der Waals surface area contributed by atoms with E-state index in [4.69, 9.17) is 0 Å². The van der Waals surface area contributed by atoms with Crippen molar-refractivity contribution in [2.45, 2.75) is 32.1 Å². The number of nitrogens with zero attached hydrogens (tertiary/aromatic N) is 3.